The number of aromatic carboxylic acids is 1. The molecule has 0 aliphatic carbocycles. The maximum absolute atomic E-state index is 10.6. The zero-order chi connectivity index (χ0) is 9.14. The quantitative estimate of drug-likeness (QED) is 0.738. The summed E-state index contributed by atoms with van der Waals surface area (Å²) in [6.07, 6.45) is 3.19. The van der Waals surface area contributed by atoms with Crippen LogP contribution in [0, 0.1) is 5.92 Å². The van der Waals surface area contributed by atoms with E-state index in [1.807, 2.05) is 13.8 Å². The first kappa shape index (κ1) is 8.77. The molecule has 0 aromatic carbocycles. The Balaban J connectivity index is 2.84. The van der Waals surface area contributed by atoms with Gasteiger partial charge in [-0.15, -0.1) is 0 Å². The number of nitrogens with zero attached hydrogens (tertiary/aromatic N) is 2. The van der Waals surface area contributed by atoms with E-state index in [1.165, 1.54) is 6.20 Å². The fourth-order valence-corrected chi connectivity index (χ4v) is 1.05. The minimum absolute atomic E-state index is 0.115. The van der Waals surface area contributed by atoms with Crippen LogP contribution < -0.4 is 0 Å². The molecule has 0 fully saturated rings. The van der Waals surface area contributed by atoms with Gasteiger partial charge in [-0.1, -0.05) is 13.8 Å². The van der Waals surface area contributed by atoms with Crippen LogP contribution in [0.15, 0.2) is 12.4 Å². The third-order valence-corrected chi connectivity index (χ3v) is 1.47. The fraction of sp³-hybridized carbons (Fsp3) is 0.500. The van der Waals surface area contributed by atoms with Gasteiger partial charge in [0.15, 0.2) is 0 Å². The van der Waals surface area contributed by atoms with Gasteiger partial charge < -0.3 is 9.67 Å². The lowest BCUT2D eigenvalue weighted by atomic mass is 10.2. The van der Waals surface area contributed by atoms with Crippen molar-refractivity contribution >= 4 is 5.97 Å². The lowest BCUT2D eigenvalue weighted by molar-refractivity contribution is 0.0677. The van der Waals surface area contributed by atoms with Crippen molar-refractivity contribution in [2.45, 2.75) is 20.4 Å². The van der Waals surface area contributed by atoms with Crippen LogP contribution in [0.3, 0.4) is 0 Å². The predicted octanol–water partition coefficient (Wildman–Crippen LogP) is 1.24. The van der Waals surface area contributed by atoms with E-state index < -0.39 is 5.97 Å². The maximum atomic E-state index is 10.6. The molecule has 0 atom stereocenters. The summed E-state index contributed by atoms with van der Waals surface area (Å²) >= 11 is 0. The summed E-state index contributed by atoms with van der Waals surface area (Å²) in [5.74, 6) is -0.429. The Morgan fingerprint density at radius 1 is 1.75 bits per heavy atom. The summed E-state index contributed by atoms with van der Waals surface area (Å²) in [5.41, 5.74) is 0. The second-order valence-electron chi connectivity index (χ2n) is 3.10. The molecule has 1 N–H and O–H groups in total. The molecular weight excluding hydrogens is 156 g/mol. The van der Waals surface area contributed by atoms with E-state index in [-0.39, 0.29) is 5.82 Å². The molecule has 1 aromatic rings. The van der Waals surface area contributed by atoms with Crippen LogP contribution >= 0.6 is 0 Å². The Hall–Kier alpha value is -1.32. The summed E-state index contributed by atoms with van der Waals surface area (Å²) in [5, 5.41) is 8.68. The highest BCUT2D eigenvalue weighted by Crippen LogP contribution is 2.03. The minimum atomic E-state index is -0.972. The summed E-state index contributed by atoms with van der Waals surface area (Å²) in [7, 11) is 0. The number of aromatic nitrogens is 2. The van der Waals surface area contributed by atoms with Crippen molar-refractivity contribution in [3.63, 3.8) is 0 Å². The van der Waals surface area contributed by atoms with Gasteiger partial charge in [-0.3, -0.25) is 0 Å². The van der Waals surface area contributed by atoms with Gasteiger partial charge >= 0.3 is 5.97 Å². The third kappa shape index (κ3) is 1.84. The van der Waals surface area contributed by atoms with Crippen LogP contribution in [0.5, 0.6) is 0 Å². The molecule has 0 saturated carbocycles. The maximum Gasteiger partial charge on any atom is 0.372 e. The smallest absolute Gasteiger partial charge is 0.372 e. The van der Waals surface area contributed by atoms with E-state index in [1.54, 1.807) is 10.8 Å². The molecule has 0 saturated heterocycles. The lowest BCUT2D eigenvalue weighted by Gasteiger charge is -2.06. The van der Waals surface area contributed by atoms with E-state index in [0.717, 1.165) is 0 Å². The average Bonchev–Trinajstić information content (AvgIpc) is 2.33. The number of carbonyl (C=O) groups is 1. The molecule has 0 spiro atoms. The van der Waals surface area contributed by atoms with E-state index >= 15 is 0 Å². The molecular formula is C8H12N2O2. The molecule has 1 heterocycles. The zero-order valence-electron chi connectivity index (χ0n) is 7.19. The normalized spacial score (nSPS) is 10.6. The van der Waals surface area contributed by atoms with Gasteiger partial charge in [0.25, 0.3) is 0 Å². The van der Waals surface area contributed by atoms with Gasteiger partial charge in [-0.05, 0) is 5.92 Å². The first-order chi connectivity index (χ1) is 5.61. The Kier molecular flexibility index (Phi) is 2.47. The molecule has 1 aromatic heterocycles. The third-order valence-electron chi connectivity index (χ3n) is 1.47. The zero-order valence-corrected chi connectivity index (χ0v) is 7.19. The number of rotatable bonds is 3. The van der Waals surface area contributed by atoms with Crippen molar-refractivity contribution in [3.8, 4) is 0 Å². The molecule has 0 amide bonds. The number of carboxylic acids is 1. The SMILES string of the molecule is CC(C)Cn1ccnc1C(=O)O. The van der Waals surface area contributed by atoms with E-state index in [0.29, 0.717) is 12.5 Å². The summed E-state index contributed by atoms with van der Waals surface area (Å²) < 4.78 is 1.65. The van der Waals surface area contributed by atoms with Crippen LogP contribution in [0.25, 0.3) is 0 Å². The number of hydrogen-bond donors (Lipinski definition) is 1. The highest BCUT2D eigenvalue weighted by molar-refractivity contribution is 5.83. The van der Waals surface area contributed by atoms with Gasteiger partial charge in [0.2, 0.25) is 5.82 Å². The van der Waals surface area contributed by atoms with Crippen LogP contribution in [-0.4, -0.2) is 20.6 Å². The van der Waals surface area contributed by atoms with Gasteiger partial charge in [-0.2, -0.15) is 0 Å². The second kappa shape index (κ2) is 3.38. The predicted molar refractivity (Wildman–Crippen MR) is 44.0 cm³/mol. The van der Waals surface area contributed by atoms with Crippen LogP contribution in [0.1, 0.15) is 24.5 Å². The molecule has 0 aliphatic heterocycles. The van der Waals surface area contributed by atoms with Gasteiger partial charge in [0, 0.05) is 18.9 Å². The Bertz CT molecular complexity index is 278. The summed E-state index contributed by atoms with van der Waals surface area (Å²) in [4.78, 5) is 14.3. The van der Waals surface area contributed by atoms with E-state index in [4.69, 9.17) is 5.11 Å². The van der Waals surface area contributed by atoms with Crippen molar-refractivity contribution in [1.82, 2.24) is 9.55 Å². The van der Waals surface area contributed by atoms with Crippen LogP contribution in [-0.2, 0) is 6.54 Å². The highest BCUT2D eigenvalue weighted by atomic mass is 16.4. The first-order valence-corrected chi connectivity index (χ1v) is 3.85. The standard InChI is InChI=1S/C8H12N2O2/c1-6(2)5-10-4-3-9-7(10)8(11)12/h3-4,6H,5H2,1-2H3,(H,11,12). The molecule has 0 aliphatic rings. The van der Waals surface area contributed by atoms with Crippen LogP contribution in [0.2, 0.25) is 0 Å². The fourth-order valence-electron chi connectivity index (χ4n) is 1.05. The second-order valence-corrected chi connectivity index (χ2v) is 3.10. The van der Waals surface area contributed by atoms with Crippen molar-refractivity contribution < 1.29 is 9.90 Å². The summed E-state index contributed by atoms with van der Waals surface area (Å²) in [6.45, 7) is 4.76. The number of carboxylic acid groups (broad SMARTS) is 1. The van der Waals surface area contributed by atoms with Crippen molar-refractivity contribution in [2.24, 2.45) is 5.92 Å². The Morgan fingerprint density at radius 3 is 2.92 bits per heavy atom. The molecule has 4 heteroatoms. The average molecular weight is 168 g/mol. The molecule has 0 unspecified atom stereocenters. The highest BCUT2D eigenvalue weighted by Gasteiger charge is 2.10. The topological polar surface area (TPSA) is 55.1 Å². The first-order valence-electron chi connectivity index (χ1n) is 3.85. The lowest BCUT2D eigenvalue weighted by Crippen LogP contribution is -2.12. The largest absolute Gasteiger partial charge is 0.475 e. The molecule has 66 valence electrons. The van der Waals surface area contributed by atoms with Crippen molar-refractivity contribution in [1.29, 1.82) is 0 Å². The molecule has 0 radical (unpaired) electrons. The molecule has 4 nitrogen and oxygen atoms in total. The Labute approximate surface area is 70.9 Å². The summed E-state index contributed by atoms with van der Waals surface area (Å²) in [6, 6.07) is 0. The Morgan fingerprint density at radius 2 is 2.42 bits per heavy atom. The van der Waals surface area contributed by atoms with E-state index in [2.05, 4.69) is 4.98 Å². The molecule has 1 rings (SSSR count). The van der Waals surface area contributed by atoms with Gasteiger partial charge in [0.1, 0.15) is 0 Å². The van der Waals surface area contributed by atoms with Crippen LogP contribution in [0.4, 0.5) is 0 Å². The monoisotopic (exact) mass is 168 g/mol. The number of hydrogen-bond acceptors (Lipinski definition) is 2. The van der Waals surface area contributed by atoms with Gasteiger partial charge in [-0.25, -0.2) is 9.78 Å². The molecule has 12 heavy (non-hydrogen) atoms. The minimum Gasteiger partial charge on any atom is -0.475 e. The van der Waals surface area contributed by atoms with Crippen molar-refractivity contribution in [3.05, 3.63) is 18.2 Å². The number of imidazole rings is 1. The van der Waals surface area contributed by atoms with E-state index in [9.17, 15) is 4.79 Å². The van der Waals surface area contributed by atoms with Crippen molar-refractivity contribution in [2.75, 3.05) is 0 Å². The van der Waals surface area contributed by atoms with Gasteiger partial charge in [0.05, 0.1) is 0 Å². The molecule has 0 bridgehead atoms.